The second-order valence-corrected chi connectivity index (χ2v) is 5.74. The predicted molar refractivity (Wildman–Crippen MR) is 76.8 cm³/mol. The smallest absolute Gasteiger partial charge is 0.231 e. The van der Waals surface area contributed by atoms with Crippen molar-refractivity contribution in [2.24, 2.45) is 0 Å². The molecule has 2 fully saturated rings. The van der Waals surface area contributed by atoms with E-state index in [9.17, 15) is 0 Å². The van der Waals surface area contributed by atoms with E-state index in [0.29, 0.717) is 12.0 Å². The molecule has 19 heavy (non-hydrogen) atoms. The van der Waals surface area contributed by atoms with Crippen molar-refractivity contribution in [1.82, 2.24) is 15.0 Å². The van der Waals surface area contributed by atoms with Crippen molar-refractivity contribution in [3.8, 4) is 0 Å². The Labute approximate surface area is 118 Å². The summed E-state index contributed by atoms with van der Waals surface area (Å²) in [6, 6.07) is 0.485. The lowest BCUT2D eigenvalue weighted by Crippen LogP contribution is -2.25. The van der Waals surface area contributed by atoms with Gasteiger partial charge < -0.3 is 10.2 Å². The number of anilines is 2. The molecule has 6 heteroatoms. The minimum Gasteiger partial charge on any atom is -0.351 e. The molecule has 0 spiro atoms. The van der Waals surface area contributed by atoms with Gasteiger partial charge in [0.25, 0.3) is 0 Å². The van der Waals surface area contributed by atoms with Crippen LogP contribution in [-0.4, -0.2) is 34.1 Å². The summed E-state index contributed by atoms with van der Waals surface area (Å²) in [6.45, 7) is 2.03. The van der Waals surface area contributed by atoms with Crippen molar-refractivity contribution in [3.05, 3.63) is 5.28 Å². The van der Waals surface area contributed by atoms with E-state index >= 15 is 0 Å². The SMILES string of the molecule is Clc1nc(NC2CCCCC2)nc(N2CCCC2)n1. The summed E-state index contributed by atoms with van der Waals surface area (Å²) < 4.78 is 0. The van der Waals surface area contributed by atoms with Crippen LogP contribution in [0.1, 0.15) is 44.9 Å². The highest BCUT2D eigenvalue weighted by Crippen LogP contribution is 2.22. The van der Waals surface area contributed by atoms with Gasteiger partial charge in [0.1, 0.15) is 0 Å². The van der Waals surface area contributed by atoms with Gasteiger partial charge in [-0.05, 0) is 37.3 Å². The van der Waals surface area contributed by atoms with Crippen LogP contribution >= 0.6 is 11.6 Å². The zero-order valence-corrected chi connectivity index (χ0v) is 11.9. The standard InChI is InChI=1S/C13H20ClN5/c14-11-16-12(15-10-6-2-1-3-7-10)18-13(17-11)19-8-4-5-9-19/h10H,1-9H2,(H,15,16,17,18). The van der Waals surface area contributed by atoms with Gasteiger partial charge in [-0.3, -0.25) is 0 Å². The van der Waals surface area contributed by atoms with E-state index in [-0.39, 0.29) is 5.28 Å². The van der Waals surface area contributed by atoms with Crippen LogP contribution in [0.3, 0.4) is 0 Å². The van der Waals surface area contributed by atoms with E-state index in [2.05, 4.69) is 25.2 Å². The van der Waals surface area contributed by atoms with E-state index in [4.69, 9.17) is 11.6 Å². The molecule has 0 atom stereocenters. The molecule has 1 aliphatic carbocycles. The Morgan fingerprint density at radius 3 is 2.42 bits per heavy atom. The maximum absolute atomic E-state index is 6.02. The third-order valence-corrected chi connectivity index (χ3v) is 4.09. The monoisotopic (exact) mass is 281 g/mol. The average molecular weight is 282 g/mol. The number of nitrogens with one attached hydrogen (secondary N) is 1. The second-order valence-electron chi connectivity index (χ2n) is 5.40. The minimum absolute atomic E-state index is 0.287. The lowest BCUT2D eigenvalue weighted by atomic mass is 9.96. The van der Waals surface area contributed by atoms with Crippen LogP contribution in [0.2, 0.25) is 5.28 Å². The Balaban J connectivity index is 1.73. The van der Waals surface area contributed by atoms with E-state index in [1.54, 1.807) is 0 Å². The van der Waals surface area contributed by atoms with Crippen molar-refractivity contribution < 1.29 is 0 Å². The first kappa shape index (κ1) is 12.9. The average Bonchev–Trinajstić information content (AvgIpc) is 2.93. The number of hydrogen-bond acceptors (Lipinski definition) is 5. The van der Waals surface area contributed by atoms with Crippen LogP contribution in [0.5, 0.6) is 0 Å². The third kappa shape index (κ3) is 3.26. The zero-order chi connectivity index (χ0) is 13.1. The second kappa shape index (κ2) is 5.90. The molecule has 1 aliphatic heterocycles. The summed E-state index contributed by atoms with van der Waals surface area (Å²) in [5, 5.41) is 3.70. The normalized spacial score (nSPS) is 20.8. The van der Waals surface area contributed by atoms with Gasteiger partial charge in [0.2, 0.25) is 17.2 Å². The minimum atomic E-state index is 0.287. The first-order valence-corrected chi connectivity index (χ1v) is 7.62. The van der Waals surface area contributed by atoms with Gasteiger partial charge in [-0.15, -0.1) is 0 Å². The fourth-order valence-electron chi connectivity index (χ4n) is 2.89. The molecule has 0 aromatic carbocycles. The number of rotatable bonds is 3. The summed E-state index contributed by atoms with van der Waals surface area (Å²) in [5.41, 5.74) is 0. The Morgan fingerprint density at radius 1 is 0.947 bits per heavy atom. The molecule has 0 amide bonds. The van der Waals surface area contributed by atoms with Gasteiger partial charge in [0.05, 0.1) is 0 Å². The Morgan fingerprint density at radius 2 is 1.68 bits per heavy atom. The van der Waals surface area contributed by atoms with Gasteiger partial charge in [0.15, 0.2) is 0 Å². The predicted octanol–water partition coefficient (Wildman–Crippen LogP) is 2.87. The summed E-state index contributed by atoms with van der Waals surface area (Å²) in [6.07, 6.45) is 8.72. The third-order valence-electron chi connectivity index (χ3n) is 3.92. The van der Waals surface area contributed by atoms with Crippen molar-refractivity contribution in [1.29, 1.82) is 0 Å². The zero-order valence-electron chi connectivity index (χ0n) is 11.1. The Kier molecular flexibility index (Phi) is 4.01. The molecule has 1 N–H and O–H groups in total. The molecule has 3 rings (SSSR count). The van der Waals surface area contributed by atoms with E-state index in [1.165, 1.54) is 44.9 Å². The Bertz CT molecular complexity index is 427. The van der Waals surface area contributed by atoms with Gasteiger partial charge >= 0.3 is 0 Å². The first-order valence-electron chi connectivity index (χ1n) is 7.24. The number of nitrogens with zero attached hydrogens (tertiary/aromatic N) is 4. The number of aromatic nitrogens is 3. The number of halogens is 1. The topological polar surface area (TPSA) is 53.9 Å². The highest BCUT2D eigenvalue weighted by molar-refractivity contribution is 6.28. The molecular weight excluding hydrogens is 262 g/mol. The van der Waals surface area contributed by atoms with Crippen LogP contribution in [0, 0.1) is 0 Å². The molecule has 0 bridgehead atoms. The molecule has 2 heterocycles. The van der Waals surface area contributed by atoms with Crippen LogP contribution in [0.15, 0.2) is 0 Å². The molecule has 1 saturated heterocycles. The lowest BCUT2D eigenvalue weighted by molar-refractivity contribution is 0.460. The quantitative estimate of drug-likeness (QED) is 0.923. The van der Waals surface area contributed by atoms with Gasteiger partial charge in [-0.25, -0.2) is 0 Å². The molecule has 0 radical (unpaired) electrons. The summed E-state index contributed by atoms with van der Waals surface area (Å²) in [7, 11) is 0. The molecule has 5 nitrogen and oxygen atoms in total. The van der Waals surface area contributed by atoms with Crippen molar-refractivity contribution in [2.75, 3.05) is 23.3 Å². The molecular formula is C13H20ClN5. The van der Waals surface area contributed by atoms with E-state index in [0.717, 1.165) is 19.0 Å². The van der Waals surface area contributed by atoms with Crippen LogP contribution in [0.4, 0.5) is 11.9 Å². The van der Waals surface area contributed by atoms with E-state index in [1.807, 2.05) is 0 Å². The van der Waals surface area contributed by atoms with Crippen molar-refractivity contribution in [2.45, 2.75) is 51.0 Å². The van der Waals surface area contributed by atoms with Gasteiger partial charge in [0, 0.05) is 19.1 Å². The van der Waals surface area contributed by atoms with Crippen LogP contribution in [-0.2, 0) is 0 Å². The largest absolute Gasteiger partial charge is 0.351 e. The van der Waals surface area contributed by atoms with Crippen molar-refractivity contribution >= 4 is 23.5 Å². The first-order chi connectivity index (χ1) is 9.31. The molecule has 104 valence electrons. The maximum atomic E-state index is 6.02. The molecule has 1 aromatic rings. The molecule has 0 unspecified atom stereocenters. The fourth-order valence-corrected chi connectivity index (χ4v) is 3.05. The highest BCUT2D eigenvalue weighted by Gasteiger charge is 2.19. The highest BCUT2D eigenvalue weighted by atomic mass is 35.5. The lowest BCUT2D eigenvalue weighted by Gasteiger charge is -2.23. The summed E-state index contributed by atoms with van der Waals surface area (Å²) >= 11 is 6.02. The maximum Gasteiger partial charge on any atom is 0.231 e. The summed E-state index contributed by atoms with van der Waals surface area (Å²) in [4.78, 5) is 15.1. The summed E-state index contributed by atoms with van der Waals surface area (Å²) in [5.74, 6) is 1.35. The van der Waals surface area contributed by atoms with Crippen molar-refractivity contribution in [3.63, 3.8) is 0 Å². The molecule has 2 aliphatic rings. The van der Waals surface area contributed by atoms with E-state index < -0.39 is 0 Å². The van der Waals surface area contributed by atoms with Gasteiger partial charge in [-0.1, -0.05) is 19.3 Å². The van der Waals surface area contributed by atoms with Gasteiger partial charge in [-0.2, -0.15) is 15.0 Å². The molecule has 1 saturated carbocycles. The number of hydrogen-bond donors (Lipinski definition) is 1. The Hall–Kier alpha value is -1.10. The molecule has 1 aromatic heterocycles. The van der Waals surface area contributed by atoms with Crippen LogP contribution in [0.25, 0.3) is 0 Å². The van der Waals surface area contributed by atoms with Crippen LogP contribution < -0.4 is 10.2 Å². The fraction of sp³-hybridized carbons (Fsp3) is 0.769.